The Balaban J connectivity index is 2.26. The van der Waals surface area contributed by atoms with Gasteiger partial charge in [-0.05, 0) is 22.0 Å². The number of hydrogen-bond acceptors (Lipinski definition) is 3. The van der Waals surface area contributed by atoms with Gasteiger partial charge in [0.2, 0.25) is 15.9 Å². The van der Waals surface area contributed by atoms with Crippen molar-refractivity contribution in [3.63, 3.8) is 0 Å². The summed E-state index contributed by atoms with van der Waals surface area (Å²) in [5, 5.41) is 4.94. The molecule has 20 heavy (non-hydrogen) atoms. The fourth-order valence-corrected chi connectivity index (χ4v) is 3.58. The van der Waals surface area contributed by atoms with Gasteiger partial charge in [0, 0.05) is 29.4 Å². The van der Waals surface area contributed by atoms with Crippen molar-refractivity contribution in [3.8, 4) is 0 Å². The van der Waals surface area contributed by atoms with Crippen molar-refractivity contribution in [1.29, 1.82) is 0 Å². The molecule has 1 aromatic rings. The Labute approximate surface area is 122 Å². The predicted octanol–water partition coefficient (Wildman–Crippen LogP) is 1.37. The first kappa shape index (κ1) is 15.3. The molecule has 0 spiro atoms. The number of amides is 1. The second-order valence-electron chi connectivity index (χ2n) is 4.62. The third-order valence-corrected chi connectivity index (χ3v) is 4.52. The van der Waals surface area contributed by atoms with Crippen LogP contribution in [-0.4, -0.2) is 26.6 Å². The van der Waals surface area contributed by atoms with Gasteiger partial charge in [-0.1, -0.05) is 0 Å². The first-order valence-electron chi connectivity index (χ1n) is 5.63. The molecule has 1 aliphatic heterocycles. The van der Waals surface area contributed by atoms with E-state index in [1.807, 2.05) is 0 Å². The maximum absolute atomic E-state index is 13.3. The molecule has 1 saturated heterocycles. The molecule has 1 aliphatic rings. The van der Waals surface area contributed by atoms with Gasteiger partial charge in [-0.15, -0.1) is 0 Å². The molecule has 0 bridgehead atoms. The molecule has 9 heteroatoms. The highest BCUT2D eigenvalue weighted by atomic mass is 79.9. The zero-order valence-electron chi connectivity index (χ0n) is 10.1. The van der Waals surface area contributed by atoms with Crippen LogP contribution in [0.5, 0.6) is 0 Å². The molecule has 0 saturated carbocycles. The number of halogens is 3. The first-order chi connectivity index (χ1) is 9.17. The van der Waals surface area contributed by atoms with Crippen LogP contribution in [0.4, 0.5) is 14.5 Å². The Morgan fingerprint density at radius 2 is 1.95 bits per heavy atom. The van der Waals surface area contributed by atoms with Gasteiger partial charge >= 0.3 is 0 Å². The minimum Gasteiger partial charge on any atom is -0.311 e. The number of carbonyl (C=O) groups is 1. The molecule has 0 aromatic heterocycles. The third kappa shape index (κ3) is 3.33. The summed E-state index contributed by atoms with van der Waals surface area (Å²) < 4.78 is 48.6. The van der Waals surface area contributed by atoms with Crippen molar-refractivity contribution in [2.75, 3.05) is 17.2 Å². The van der Waals surface area contributed by atoms with Crippen molar-refractivity contribution in [2.45, 2.75) is 6.42 Å². The van der Waals surface area contributed by atoms with Gasteiger partial charge in [-0.2, -0.15) is 0 Å². The lowest BCUT2D eigenvalue weighted by Crippen LogP contribution is -2.27. The Morgan fingerprint density at radius 1 is 1.35 bits per heavy atom. The van der Waals surface area contributed by atoms with E-state index in [2.05, 4.69) is 15.9 Å². The van der Waals surface area contributed by atoms with Gasteiger partial charge in [-0.3, -0.25) is 4.79 Å². The molecule has 0 radical (unpaired) electrons. The van der Waals surface area contributed by atoms with Crippen molar-refractivity contribution in [1.82, 2.24) is 0 Å². The summed E-state index contributed by atoms with van der Waals surface area (Å²) in [4.78, 5) is 13.1. The first-order valence-corrected chi connectivity index (χ1v) is 8.13. The van der Waals surface area contributed by atoms with Gasteiger partial charge in [0.05, 0.1) is 11.4 Å². The molecule has 1 unspecified atom stereocenters. The Bertz CT molecular complexity index is 666. The molecule has 1 heterocycles. The number of benzene rings is 1. The highest BCUT2D eigenvalue weighted by molar-refractivity contribution is 9.10. The van der Waals surface area contributed by atoms with Gasteiger partial charge in [0.15, 0.2) is 11.6 Å². The summed E-state index contributed by atoms with van der Waals surface area (Å²) in [6.45, 7) is 0.0962. The molecule has 1 amide bonds. The van der Waals surface area contributed by atoms with E-state index in [4.69, 9.17) is 5.14 Å². The third-order valence-electron chi connectivity index (χ3n) is 2.95. The van der Waals surface area contributed by atoms with Crippen LogP contribution in [0.1, 0.15) is 6.42 Å². The maximum atomic E-state index is 13.3. The number of carbonyl (C=O) groups excluding carboxylic acids is 1. The molecule has 0 aliphatic carbocycles. The van der Waals surface area contributed by atoms with E-state index in [0.717, 1.165) is 12.1 Å². The van der Waals surface area contributed by atoms with E-state index in [-0.39, 0.29) is 34.8 Å². The zero-order chi connectivity index (χ0) is 15.1. The average Bonchev–Trinajstić information content (AvgIpc) is 2.62. The van der Waals surface area contributed by atoms with Crippen LogP contribution in [0.15, 0.2) is 16.6 Å². The smallest absolute Gasteiger partial charge is 0.227 e. The zero-order valence-corrected chi connectivity index (χ0v) is 12.5. The summed E-state index contributed by atoms with van der Waals surface area (Å²) in [6.07, 6.45) is 0.00185. The van der Waals surface area contributed by atoms with Crippen LogP contribution in [0.2, 0.25) is 0 Å². The quantitative estimate of drug-likeness (QED) is 0.818. The number of primary sulfonamides is 1. The molecule has 1 aromatic carbocycles. The Kier molecular flexibility index (Phi) is 4.12. The van der Waals surface area contributed by atoms with Crippen molar-refractivity contribution in [2.24, 2.45) is 11.1 Å². The topological polar surface area (TPSA) is 80.5 Å². The lowest BCUT2D eigenvalue weighted by atomic mass is 10.1. The van der Waals surface area contributed by atoms with Crippen LogP contribution in [0.3, 0.4) is 0 Å². The molecular weight excluding hydrogens is 358 g/mol. The number of anilines is 1. The van der Waals surface area contributed by atoms with Gasteiger partial charge in [0.25, 0.3) is 0 Å². The largest absolute Gasteiger partial charge is 0.311 e. The van der Waals surface area contributed by atoms with E-state index in [9.17, 15) is 22.0 Å². The molecular formula is C11H11BrF2N2O3S. The standard InChI is InChI=1S/C11H11BrF2N2O3S/c12-7-2-8(13)9(14)3-10(7)16-4-6(1-11(16)17)5-20(15,18)19/h2-3,6H,1,4-5H2,(H2,15,18,19). The van der Waals surface area contributed by atoms with E-state index in [0.29, 0.717) is 0 Å². The number of sulfonamides is 1. The van der Waals surface area contributed by atoms with Gasteiger partial charge < -0.3 is 4.90 Å². The number of hydrogen-bond donors (Lipinski definition) is 1. The van der Waals surface area contributed by atoms with E-state index in [1.54, 1.807) is 0 Å². The monoisotopic (exact) mass is 368 g/mol. The summed E-state index contributed by atoms with van der Waals surface area (Å²) in [6, 6.07) is 1.82. The molecule has 1 fully saturated rings. The lowest BCUT2D eigenvalue weighted by Gasteiger charge is -2.18. The fraction of sp³-hybridized carbons (Fsp3) is 0.364. The van der Waals surface area contributed by atoms with Gasteiger partial charge in [-0.25, -0.2) is 22.3 Å². The summed E-state index contributed by atoms with van der Waals surface area (Å²) in [5.74, 6) is -3.25. The SMILES string of the molecule is NS(=O)(=O)CC1CC(=O)N(c2cc(F)c(F)cc2Br)C1. The number of rotatable bonds is 3. The van der Waals surface area contributed by atoms with Crippen molar-refractivity contribution in [3.05, 3.63) is 28.2 Å². The highest BCUT2D eigenvalue weighted by Gasteiger charge is 2.34. The Hall–Kier alpha value is -1.06. The second kappa shape index (κ2) is 5.38. The molecule has 110 valence electrons. The number of nitrogens with zero attached hydrogens (tertiary/aromatic N) is 1. The summed E-state index contributed by atoms with van der Waals surface area (Å²) >= 11 is 3.06. The summed E-state index contributed by atoms with van der Waals surface area (Å²) in [7, 11) is -3.69. The fourth-order valence-electron chi connectivity index (χ4n) is 2.17. The van der Waals surface area contributed by atoms with Crippen molar-refractivity contribution >= 4 is 37.5 Å². The minimum atomic E-state index is -3.69. The van der Waals surface area contributed by atoms with Crippen molar-refractivity contribution < 1.29 is 22.0 Å². The highest BCUT2D eigenvalue weighted by Crippen LogP contribution is 2.33. The minimum absolute atomic E-state index is 0.00185. The molecule has 1 atom stereocenters. The van der Waals surface area contributed by atoms with E-state index < -0.39 is 27.6 Å². The molecule has 2 rings (SSSR count). The maximum Gasteiger partial charge on any atom is 0.227 e. The van der Waals surface area contributed by atoms with Crippen LogP contribution < -0.4 is 10.0 Å². The van der Waals surface area contributed by atoms with Crippen LogP contribution in [0.25, 0.3) is 0 Å². The van der Waals surface area contributed by atoms with Crippen LogP contribution in [0, 0.1) is 17.6 Å². The predicted molar refractivity (Wildman–Crippen MR) is 72.5 cm³/mol. The number of nitrogens with two attached hydrogens (primary N) is 1. The van der Waals surface area contributed by atoms with Crippen LogP contribution in [-0.2, 0) is 14.8 Å². The Morgan fingerprint density at radius 3 is 2.55 bits per heavy atom. The lowest BCUT2D eigenvalue weighted by molar-refractivity contribution is -0.117. The summed E-state index contributed by atoms with van der Waals surface area (Å²) in [5.41, 5.74) is 0.172. The van der Waals surface area contributed by atoms with E-state index in [1.165, 1.54) is 4.90 Å². The van der Waals surface area contributed by atoms with Crippen LogP contribution >= 0.6 is 15.9 Å². The molecule has 2 N–H and O–H groups in total. The molecule has 5 nitrogen and oxygen atoms in total. The average molecular weight is 369 g/mol. The van der Waals surface area contributed by atoms with E-state index >= 15 is 0 Å². The van der Waals surface area contributed by atoms with Gasteiger partial charge in [0.1, 0.15) is 0 Å². The second-order valence-corrected chi connectivity index (χ2v) is 7.14. The normalized spacial score (nSPS) is 19.7.